The summed E-state index contributed by atoms with van der Waals surface area (Å²) >= 11 is 0. The summed E-state index contributed by atoms with van der Waals surface area (Å²) in [5, 5.41) is 10.3. The number of likely N-dealkylation sites (N-methyl/N-ethyl adjacent to an activating group) is 1. The average Bonchev–Trinajstić information content (AvgIpc) is 2.39. The number of nitrogens with zero attached hydrogens (tertiary/aromatic N) is 1. The summed E-state index contributed by atoms with van der Waals surface area (Å²) in [6.45, 7) is 18.8. The first-order valence-corrected chi connectivity index (χ1v) is 11.3. The first-order valence-electron chi connectivity index (χ1n) is 8.40. The van der Waals surface area contributed by atoms with Crippen LogP contribution >= 0.6 is 0 Å². The molecule has 1 heterocycles. The molecule has 1 rings (SSSR count). The molecule has 0 aromatic rings. The van der Waals surface area contributed by atoms with Crippen LogP contribution in [0.5, 0.6) is 0 Å². The molecule has 1 aliphatic heterocycles. The monoisotopic (exact) mass is 341 g/mol. The van der Waals surface area contributed by atoms with Gasteiger partial charge in [0.25, 0.3) is 0 Å². The van der Waals surface area contributed by atoms with Gasteiger partial charge in [0.15, 0.2) is 8.32 Å². The van der Waals surface area contributed by atoms with Gasteiger partial charge in [0, 0.05) is 18.0 Å². The smallest absolute Gasteiger partial charge is 0.192 e. The maximum atomic E-state index is 10.1. The molecule has 0 bridgehead atoms. The summed E-state index contributed by atoms with van der Waals surface area (Å²) in [6, 6.07) is 0. The van der Waals surface area contributed by atoms with Gasteiger partial charge in [-0.25, -0.2) is 0 Å². The molecule has 1 saturated heterocycles. The van der Waals surface area contributed by atoms with E-state index in [4.69, 9.17) is 9.16 Å². The second-order valence-electron chi connectivity index (χ2n) is 8.19. The molecule has 1 unspecified atom stereocenters. The number of piperidine rings is 1. The van der Waals surface area contributed by atoms with Gasteiger partial charge in [-0.1, -0.05) is 27.4 Å². The van der Waals surface area contributed by atoms with Gasteiger partial charge in [0.05, 0.1) is 19.0 Å². The van der Waals surface area contributed by atoms with E-state index in [0.29, 0.717) is 0 Å². The van der Waals surface area contributed by atoms with E-state index < -0.39 is 8.32 Å². The zero-order valence-corrected chi connectivity index (χ0v) is 17.2. The average molecular weight is 342 g/mol. The van der Waals surface area contributed by atoms with E-state index in [1.54, 1.807) is 7.11 Å². The van der Waals surface area contributed by atoms with Gasteiger partial charge in [-0.15, -0.1) is 0 Å². The Hall–Kier alpha value is -0.783. The van der Waals surface area contributed by atoms with Crippen molar-refractivity contribution in [2.75, 3.05) is 27.2 Å². The molecular formula is C18H35NO3Si. The zero-order chi connectivity index (χ0) is 18.0. The van der Waals surface area contributed by atoms with E-state index >= 15 is 0 Å². The largest absolute Gasteiger partial charge is 0.508 e. The van der Waals surface area contributed by atoms with Crippen LogP contribution in [0.1, 0.15) is 34.1 Å². The summed E-state index contributed by atoms with van der Waals surface area (Å²) in [4.78, 5) is 2.30. The fraction of sp³-hybridized carbons (Fsp3) is 0.778. The maximum absolute atomic E-state index is 10.1. The van der Waals surface area contributed by atoms with E-state index in [1.165, 1.54) is 0 Å². The lowest BCUT2D eigenvalue weighted by Gasteiger charge is -2.45. The summed E-state index contributed by atoms with van der Waals surface area (Å²) < 4.78 is 12.1. The number of ether oxygens (including phenoxy) is 1. The lowest BCUT2D eigenvalue weighted by atomic mass is 9.85. The van der Waals surface area contributed by atoms with Gasteiger partial charge in [-0.2, -0.15) is 0 Å². The zero-order valence-electron chi connectivity index (χ0n) is 16.2. The Morgan fingerprint density at radius 2 is 1.87 bits per heavy atom. The fourth-order valence-electron chi connectivity index (χ4n) is 2.86. The topological polar surface area (TPSA) is 41.9 Å². The van der Waals surface area contributed by atoms with Crippen LogP contribution in [0.3, 0.4) is 0 Å². The normalized spacial score (nSPS) is 25.0. The van der Waals surface area contributed by atoms with Crippen molar-refractivity contribution < 1.29 is 14.3 Å². The summed E-state index contributed by atoms with van der Waals surface area (Å²) in [6.07, 6.45) is 0.990. The van der Waals surface area contributed by atoms with Gasteiger partial charge in [-0.05, 0) is 45.1 Å². The summed E-state index contributed by atoms with van der Waals surface area (Å²) in [7, 11) is 1.87. The number of rotatable bonds is 5. The minimum atomic E-state index is -1.89. The maximum Gasteiger partial charge on any atom is 0.192 e. The Balaban J connectivity index is 3.16. The number of hydrogen-bond donors (Lipinski definition) is 1. The van der Waals surface area contributed by atoms with Gasteiger partial charge in [-0.3, -0.25) is 0 Å². The molecule has 0 aliphatic carbocycles. The SMILES string of the molecule is C=C(O)/C(=C(\C)OC)[C@H]1CCN(C)CC1O[Si](C)(C)C(C)(C)C. The van der Waals surface area contributed by atoms with Gasteiger partial charge in [0.1, 0.15) is 5.76 Å². The minimum absolute atomic E-state index is 0.0543. The van der Waals surface area contributed by atoms with Crippen molar-refractivity contribution in [3.63, 3.8) is 0 Å². The Bertz CT molecular complexity index is 465. The molecular weight excluding hydrogens is 306 g/mol. The molecule has 134 valence electrons. The second-order valence-corrected chi connectivity index (χ2v) is 13.0. The van der Waals surface area contributed by atoms with Crippen LogP contribution in [0.15, 0.2) is 23.7 Å². The van der Waals surface area contributed by atoms with E-state index in [-0.39, 0.29) is 22.8 Å². The van der Waals surface area contributed by atoms with E-state index in [2.05, 4.69) is 52.4 Å². The Labute approximate surface area is 143 Å². The third-order valence-corrected chi connectivity index (χ3v) is 9.89. The van der Waals surface area contributed by atoms with Gasteiger partial charge >= 0.3 is 0 Å². The molecule has 0 amide bonds. The number of hydrogen-bond acceptors (Lipinski definition) is 4. The molecule has 0 aromatic carbocycles. The molecule has 0 aromatic heterocycles. The molecule has 23 heavy (non-hydrogen) atoms. The van der Waals surface area contributed by atoms with Crippen molar-refractivity contribution >= 4 is 8.32 Å². The highest BCUT2D eigenvalue weighted by Crippen LogP contribution is 2.41. The highest BCUT2D eigenvalue weighted by Gasteiger charge is 2.43. The molecule has 1 N–H and O–H groups in total. The number of likely N-dealkylation sites (tertiary alicyclic amines) is 1. The molecule has 5 heteroatoms. The lowest BCUT2D eigenvalue weighted by molar-refractivity contribution is 0.0521. The fourth-order valence-corrected chi connectivity index (χ4v) is 4.21. The van der Waals surface area contributed by atoms with Crippen molar-refractivity contribution in [3.8, 4) is 0 Å². The standard InChI is InChI=1S/C18H35NO3Si/c1-13(20)17(14(2)21-7)15-10-11-19(6)12-16(15)22-23(8,9)18(3,4)5/h15-16,20H,1,10-12H2,2-9H3/b17-14-/t15-,16?/m0/s1. The van der Waals surface area contributed by atoms with Crippen molar-refractivity contribution in [2.24, 2.45) is 5.92 Å². The lowest BCUT2D eigenvalue weighted by Crippen LogP contribution is -2.52. The number of methoxy groups -OCH3 is 1. The third kappa shape index (κ3) is 4.84. The number of aliphatic hydroxyl groups is 1. The van der Waals surface area contributed by atoms with Crippen LogP contribution in [-0.2, 0) is 9.16 Å². The van der Waals surface area contributed by atoms with Crippen molar-refractivity contribution in [2.45, 2.75) is 58.4 Å². The molecule has 1 fully saturated rings. The molecule has 2 atom stereocenters. The van der Waals surface area contributed by atoms with Crippen LogP contribution in [0, 0.1) is 5.92 Å². The van der Waals surface area contributed by atoms with Crippen molar-refractivity contribution in [1.82, 2.24) is 4.90 Å². The Morgan fingerprint density at radius 3 is 2.30 bits per heavy atom. The van der Waals surface area contributed by atoms with Crippen LogP contribution in [0.25, 0.3) is 0 Å². The minimum Gasteiger partial charge on any atom is -0.508 e. The Kier molecular flexibility index (Phi) is 6.53. The molecule has 4 nitrogen and oxygen atoms in total. The quantitative estimate of drug-likeness (QED) is 0.459. The highest BCUT2D eigenvalue weighted by molar-refractivity contribution is 6.74. The second kappa shape index (κ2) is 7.41. The van der Waals surface area contributed by atoms with E-state index in [0.717, 1.165) is 30.8 Å². The Morgan fingerprint density at radius 1 is 1.30 bits per heavy atom. The van der Waals surface area contributed by atoms with E-state index in [9.17, 15) is 5.11 Å². The molecule has 1 aliphatic rings. The van der Waals surface area contributed by atoms with Gasteiger partial charge in [0.2, 0.25) is 0 Å². The number of aliphatic hydroxyl groups excluding tert-OH is 1. The van der Waals surface area contributed by atoms with Crippen molar-refractivity contribution in [1.29, 1.82) is 0 Å². The van der Waals surface area contributed by atoms with E-state index in [1.807, 2.05) is 6.92 Å². The highest BCUT2D eigenvalue weighted by atomic mass is 28.4. The predicted octanol–water partition coefficient (Wildman–Crippen LogP) is 4.32. The summed E-state index contributed by atoms with van der Waals surface area (Å²) in [5.74, 6) is 0.955. The molecule has 0 saturated carbocycles. The molecule has 0 spiro atoms. The number of allylic oxidation sites excluding steroid dienone is 2. The van der Waals surface area contributed by atoms with Crippen LogP contribution in [0.2, 0.25) is 18.1 Å². The van der Waals surface area contributed by atoms with Crippen LogP contribution in [0.4, 0.5) is 0 Å². The predicted molar refractivity (Wildman–Crippen MR) is 99.2 cm³/mol. The first-order chi connectivity index (χ1) is 10.4. The summed E-state index contributed by atoms with van der Waals surface area (Å²) in [5.41, 5.74) is 0.810. The molecule has 0 radical (unpaired) electrons. The third-order valence-electron chi connectivity index (χ3n) is 5.38. The van der Waals surface area contributed by atoms with Crippen LogP contribution < -0.4 is 0 Å². The first kappa shape index (κ1) is 20.3. The van der Waals surface area contributed by atoms with Gasteiger partial charge < -0.3 is 19.2 Å². The van der Waals surface area contributed by atoms with Crippen LogP contribution in [-0.4, -0.2) is 51.7 Å². The van der Waals surface area contributed by atoms with Crippen molar-refractivity contribution in [3.05, 3.63) is 23.7 Å².